The Morgan fingerprint density at radius 3 is 2.52 bits per heavy atom. The van der Waals surface area contributed by atoms with Crippen LogP contribution >= 0.6 is 0 Å². The highest BCUT2D eigenvalue weighted by Crippen LogP contribution is 2.47. The maximum atomic E-state index is 11.4. The van der Waals surface area contributed by atoms with E-state index in [1.807, 2.05) is 6.07 Å². The molecule has 2 atom stereocenters. The van der Waals surface area contributed by atoms with Crippen molar-refractivity contribution < 1.29 is 8.76 Å². The van der Waals surface area contributed by atoms with Crippen molar-refractivity contribution in [3.05, 3.63) is 54.1 Å². The number of anilines is 1. The van der Waals surface area contributed by atoms with Gasteiger partial charge in [-0.15, -0.1) is 0 Å². The van der Waals surface area contributed by atoms with Gasteiger partial charge in [-0.25, -0.2) is 0 Å². The normalized spacial score (nSPS) is 24.0. The second kappa shape index (κ2) is 7.76. The SMILES string of the molecule is CC1(CC2CCCCC2)CN(CS(=O)[O-])c2ccc(-c3ccccc3)cc21. The second-order valence-electron chi connectivity index (χ2n) is 8.50. The highest BCUT2D eigenvalue weighted by atomic mass is 32.2. The van der Waals surface area contributed by atoms with E-state index in [0.29, 0.717) is 0 Å². The van der Waals surface area contributed by atoms with Gasteiger partial charge in [-0.1, -0.05) is 75.4 Å². The van der Waals surface area contributed by atoms with Crippen LogP contribution in [0.5, 0.6) is 0 Å². The number of fused-ring (bicyclic) bond motifs is 1. The summed E-state index contributed by atoms with van der Waals surface area (Å²) in [6.07, 6.45) is 7.83. The van der Waals surface area contributed by atoms with E-state index in [1.54, 1.807) is 0 Å². The number of nitrogens with zero attached hydrogens (tertiary/aromatic N) is 1. The number of rotatable bonds is 5. The first kappa shape index (κ1) is 18.7. The van der Waals surface area contributed by atoms with Gasteiger partial charge in [-0.2, -0.15) is 0 Å². The molecule has 4 heteroatoms. The van der Waals surface area contributed by atoms with Gasteiger partial charge in [0, 0.05) is 17.6 Å². The van der Waals surface area contributed by atoms with Gasteiger partial charge in [-0.3, -0.25) is 4.21 Å². The Labute approximate surface area is 165 Å². The summed E-state index contributed by atoms with van der Waals surface area (Å²) in [6, 6.07) is 17.0. The van der Waals surface area contributed by atoms with Crippen LogP contribution in [0.25, 0.3) is 11.1 Å². The zero-order valence-electron chi connectivity index (χ0n) is 16.0. The summed E-state index contributed by atoms with van der Waals surface area (Å²) in [7, 11) is 0. The molecule has 3 nitrogen and oxygen atoms in total. The molecular weight excluding hydrogens is 354 g/mol. The van der Waals surface area contributed by atoms with Crippen LogP contribution in [0.2, 0.25) is 0 Å². The lowest BCUT2D eigenvalue weighted by atomic mass is 9.72. The molecule has 2 unspecified atom stereocenters. The number of hydrogen-bond acceptors (Lipinski definition) is 3. The van der Waals surface area contributed by atoms with Crippen LogP contribution in [-0.4, -0.2) is 21.2 Å². The summed E-state index contributed by atoms with van der Waals surface area (Å²) in [6.45, 7) is 3.13. The van der Waals surface area contributed by atoms with Gasteiger partial charge in [0.05, 0.1) is 5.88 Å². The van der Waals surface area contributed by atoms with Crippen molar-refractivity contribution >= 4 is 16.8 Å². The van der Waals surface area contributed by atoms with Crippen LogP contribution < -0.4 is 4.90 Å². The Morgan fingerprint density at radius 1 is 1.07 bits per heavy atom. The highest BCUT2D eigenvalue weighted by Gasteiger charge is 2.40. The second-order valence-corrected chi connectivity index (χ2v) is 9.36. The quantitative estimate of drug-likeness (QED) is 0.664. The maximum Gasteiger partial charge on any atom is 0.0806 e. The third kappa shape index (κ3) is 3.97. The van der Waals surface area contributed by atoms with Gasteiger partial charge >= 0.3 is 0 Å². The van der Waals surface area contributed by atoms with Crippen molar-refractivity contribution in [2.24, 2.45) is 5.92 Å². The van der Waals surface area contributed by atoms with Crippen LogP contribution in [-0.2, 0) is 16.5 Å². The molecule has 2 aromatic carbocycles. The topological polar surface area (TPSA) is 43.4 Å². The molecule has 0 aromatic heterocycles. The van der Waals surface area contributed by atoms with Gasteiger partial charge in [0.1, 0.15) is 0 Å². The van der Waals surface area contributed by atoms with Crippen LogP contribution in [0.4, 0.5) is 5.69 Å². The molecule has 0 amide bonds. The van der Waals surface area contributed by atoms with Crippen molar-refractivity contribution in [1.82, 2.24) is 0 Å². The zero-order valence-corrected chi connectivity index (χ0v) is 16.8. The molecule has 144 valence electrons. The molecule has 2 aromatic rings. The van der Waals surface area contributed by atoms with E-state index in [1.165, 1.54) is 48.8 Å². The zero-order chi connectivity index (χ0) is 18.9. The molecule has 1 aliphatic heterocycles. The molecule has 0 bridgehead atoms. The van der Waals surface area contributed by atoms with Gasteiger partial charge in [0.15, 0.2) is 0 Å². The predicted octanol–water partition coefficient (Wildman–Crippen LogP) is 5.24. The minimum Gasteiger partial charge on any atom is -0.771 e. The molecule has 4 rings (SSSR count). The summed E-state index contributed by atoms with van der Waals surface area (Å²) in [4.78, 5) is 2.05. The third-order valence-corrected chi connectivity index (χ3v) is 6.88. The average Bonchev–Trinajstić information content (AvgIpc) is 2.94. The van der Waals surface area contributed by atoms with Crippen molar-refractivity contribution in [3.63, 3.8) is 0 Å². The summed E-state index contributed by atoms with van der Waals surface area (Å²) in [5.41, 5.74) is 4.86. The van der Waals surface area contributed by atoms with E-state index in [0.717, 1.165) is 24.6 Å². The van der Waals surface area contributed by atoms with E-state index in [2.05, 4.69) is 54.3 Å². The van der Waals surface area contributed by atoms with Crippen molar-refractivity contribution in [3.8, 4) is 11.1 Å². The monoisotopic (exact) mass is 382 g/mol. The molecule has 1 saturated carbocycles. The predicted molar refractivity (Wildman–Crippen MR) is 112 cm³/mol. The summed E-state index contributed by atoms with van der Waals surface area (Å²) in [5, 5.41) is 0. The maximum absolute atomic E-state index is 11.4. The lowest BCUT2D eigenvalue weighted by Crippen LogP contribution is -2.34. The molecule has 1 fully saturated rings. The van der Waals surface area contributed by atoms with Crippen molar-refractivity contribution in [1.29, 1.82) is 0 Å². The number of benzene rings is 2. The van der Waals surface area contributed by atoms with E-state index < -0.39 is 11.1 Å². The largest absolute Gasteiger partial charge is 0.771 e. The summed E-state index contributed by atoms with van der Waals surface area (Å²) < 4.78 is 22.8. The Kier molecular flexibility index (Phi) is 5.38. The summed E-state index contributed by atoms with van der Waals surface area (Å²) >= 11 is -2.07. The Morgan fingerprint density at radius 2 is 1.81 bits per heavy atom. The first-order valence-corrected chi connectivity index (χ1v) is 11.3. The minimum absolute atomic E-state index is 0.0154. The van der Waals surface area contributed by atoms with Crippen LogP contribution in [0.15, 0.2) is 48.5 Å². The first-order valence-electron chi connectivity index (χ1n) is 10.1. The molecule has 0 radical (unpaired) electrons. The van der Waals surface area contributed by atoms with Crippen LogP contribution in [0.1, 0.15) is 51.0 Å². The van der Waals surface area contributed by atoms with Crippen molar-refractivity contribution in [2.45, 2.75) is 50.9 Å². The molecular formula is C23H28NO2S-. The van der Waals surface area contributed by atoms with E-state index in [9.17, 15) is 8.76 Å². The van der Waals surface area contributed by atoms with E-state index in [-0.39, 0.29) is 11.3 Å². The molecule has 1 heterocycles. The minimum atomic E-state index is -2.07. The molecule has 1 aliphatic carbocycles. The lowest BCUT2D eigenvalue weighted by Gasteiger charge is -2.33. The molecule has 0 spiro atoms. The van der Waals surface area contributed by atoms with E-state index >= 15 is 0 Å². The summed E-state index contributed by atoms with van der Waals surface area (Å²) in [5.74, 6) is 0.840. The van der Waals surface area contributed by atoms with Gasteiger partial charge in [-0.05, 0) is 52.2 Å². The molecule has 0 N–H and O–H groups in total. The molecule has 0 saturated heterocycles. The van der Waals surface area contributed by atoms with Gasteiger partial charge < -0.3 is 9.45 Å². The van der Waals surface area contributed by atoms with Crippen LogP contribution in [0, 0.1) is 5.92 Å². The Bertz CT molecular complexity index is 816. The smallest absolute Gasteiger partial charge is 0.0806 e. The van der Waals surface area contributed by atoms with E-state index in [4.69, 9.17) is 0 Å². The Balaban J connectivity index is 1.70. The highest BCUT2D eigenvalue weighted by molar-refractivity contribution is 7.79. The fourth-order valence-corrected chi connectivity index (χ4v) is 5.63. The van der Waals surface area contributed by atoms with Gasteiger partial charge in [0.2, 0.25) is 0 Å². The molecule has 2 aliphatic rings. The standard InChI is InChI=1S/C23H29NO2S/c1-23(15-18-8-4-2-5-9-18)16-24(17-27(25)26)22-13-12-20(14-21(22)23)19-10-6-3-7-11-19/h3,6-7,10-14,18H,2,4-5,8-9,15-17H2,1H3,(H,25,26)/p-1. The Hall–Kier alpha value is -1.65. The van der Waals surface area contributed by atoms with Crippen molar-refractivity contribution in [2.75, 3.05) is 17.3 Å². The molecule has 27 heavy (non-hydrogen) atoms. The third-order valence-electron chi connectivity index (χ3n) is 6.36. The first-order chi connectivity index (χ1) is 13.0. The fourth-order valence-electron chi connectivity index (χ4n) is 5.14. The van der Waals surface area contributed by atoms with Crippen LogP contribution in [0.3, 0.4) is 0 Å². The fraction of sp³-hybridized carbons (Fsp3) is 0.478. The number of hydrogen-bond donors (Lipinski definition) is 0. The van der Waals surface area contributed by atoms with Gasteiger partial charge in [0.25, 0.3) is 0 Å². The average molecular weight is 383 g/mol. The lowest BCUT2D eigenvalue weighted by molar-refractivity contribution is 0.277.